The lowest BCUT2D eigenvalue weighted by Crippen LogP contribution is -2.27. The molecule has 0 spiro atoms. The van der Waals surface area contributed by atoms with Crippen LogP contribution in [0.4, 0.5) is 11.4 Å². The molecule has 5 heteroatoms. The molecule has 0 N–H and O–H groups in total. The van der Waals surface area contributed by atoms with E-state index < -0.39 is 0 Å². The molecule has 3 heterocycles. The number of para-hydroxylation sites is 1. The predicted molar refractivity (Wildman–Crippen MR) is 299 cm³/mol. The van der Waals surface area contributed by atoms with E-state index in [4.69, 9.17) is 9.72 Å². The molecular formula is C65H74N4O. The molecular weight excluding hydrogens is 853 g/mol. The van der Waals surface area contributed by atoms with Crippen molar-refractivity contribution < 1.29 is 4.74 Å². The van der Waals surface area contributed by atoms with Crippen molar-refractivity contribution in [2.24, 2.45) is 0 Å². The second kappa shape index (κ2) is 18.0. The van der Waals surface area contributed by atoms with Crippen molar-refractivity contribution in [3.05, 3.63) is 196 Å². The van der Waals surface area contributed by atoms with Crippen molar-refractivity contribution in [2.75, 3.05) is 16.5 Å². The van der Waals surface area contributed by atoms with Gasteiger partial charge < -0.3 is 14.5 Å². The first-order chi connectivity index (χ1) is 33.0. The zero-order valence-corrected chi connectivity index (χ0v) is 44.5. The summed E-state index contributed by atoms with van der Waals surface area (Å²) in [7, 11) is 0. The Bertz CT molecular complexity index is 3230. The van der Waals surface area contributed by atoms with Crippen molar-refractivity contribution in [1.29, 1.82) is 0 Å². The second-order valence-corrected chi connectivity index (χ2v) is 23.9. The van der Waals surface area contributed by atoms with Gasteiger partial charge in [-0.2, -0.15) is 0 Å². The number of hydrogen-bond donors (Lipinski definition) is 0. The fourth-order valence-corrected chi connectivity index (χ4v) is 10.3. The Morgan fingerprint density at radius 2 is 1.10 bits per heavy atom. The number of pyridine rings is 1. The van der Waals surface area contributed by atoms with E-state index in [2.05, 4.69) is 264 Å². The predicted octanol–water partition coefficient (Wildman–Crippen LogP) is 17.7. The van der Waals surface area contributed by atoms with Crippen molar-refractivity contribution in [3.8, 4) is 17.3 Å². The Hall–Kier alpha value is -6.59. The van der Waals surface area contributed by atoms with Crippen molar-refractivity contribution in [2.45, 2.75) is 137 Å². The fourth-order valence-electron chi connectivity index (χ4n) is 10.3. The molecule has 0 radical (unpaired) electrons. The number of rotatable bonds is 10. The molecule has 0 amide bonds. The summed E-state index contributed by atoms with van der Waals surface area (Å²) in [5.74, 6) is 3.17. The van der Waals surface area contributed by atoms with Gasteiger partial charge in [-0.3, -0.25) is 4.57 Å². The standard InChI is InChI=1S/C65H74N4O/c1-42(2)52-28-22-29-53(43(3)4)60(52)58-40-67(41-68(58)48-26-21-25-45(33-48)62(5,6)7)49-34-47(64(11,12)13)35-50(37-49)70-51-38-55(65(14,15)44-23-17-16-18-24-44)61-54-27-19-20-30-56(54)69(57(61)39-51)59-36-46(31-32-66-59)63(8,9)10/h16-40,42-43H,41H2,1-15H3. The molecule has 0 aliphatic carbocycles. The summed E-state index contributed by atoms with van der Waals surface area (Å²) in [6.07, 6.45) is 4.35. The van der Waals surface area contributed by atoms with E-state index in [0.717, 1.165) is 34.0 Å². The van der Waals surface area contributed by atoms with Crippen LogP contribution in [0, 0.1) is 0 Å². The zero-order valence-electron chi connectivity index (χ0n) is 44.5. The second-order valence-electron chi connectivity index (χ2n) is 23.9. The number of nitrogens with zero attached hydrogens (tertiary/aromatic N) is 4. The summed E-state index contributed by atoms with van der Waals surface area (Å²) < 4.78 is 9.68. The minimum Gasteiger partial charge on any atom is -0.457 e. The third-order valence-corrected chi connectivity index (χ3v) is 14.6. The molecule has 5 nitrogen and oxygen atoms in total. The average Bonchev–Trinajstić information content (AvgIpc) is 3.91. The maximum Gasteiger partial charge on any atom is 0.137 e. The first-order valence-electron chi connectivity index (χ1n) is 25.4. The van der Waals surface area contributed by atoms with Gasteiger partial charge >= 0.3 is 0 Å². The van der Waals surface area contributed by atoms with Crippen LogP contribution in [-0.2, 0) is 21.7 Å². The van der Waals surface area contributed by atoms with Crippen molar-refractivity contribution in [1.82, 2.24) is 9.55 Å². The molecule has 360 valence electrons. The summed E-state index contributed by atoms with van der Waals surface area (Å²) in [5, 5.41) is 2.40. The Morgan fingerprint density at radius 1 is 0.514 bits per heavy atom. The third-order valence-electron chi connectivity index (χ3n) is 14.6. The molecule has 1 aliphatic rings. The minimum atomic E-state index is -0.376. The van der Waals surface area contributed by atoms with Crippen LogP contribution in [0.2, 0.25) is 0 Å². The maximum atomic E-state index is 7.34. The molecule has 8 aromatic rings. The van der Waals surface area contributed by atoms with Crippen molar-refractivity contribution >= 4 is 38.9 Å². The Kier molecular flexibility index (Phi) is 12.4. The Labute approximate surface area is 418 Å². The van der Waals surface area contributed by atoms with Crippen LogP contribution in [0.25, 0.3) is 33.3 Å². The van der Waals surface area contributed by atoms with Crippen LogP contribution in [0.5, 0.6) is 11.5 Å². The lowest BCUT2D eigenvalue weighted by molar-refractivity contribution is 0.477. The lowest BCUT2D eigenvalue weighted by atomic mass is 9.76. The monoisotopic (exact) mass is 927 g/mol. The first-order valence-corrected chi connectivity index (χ1v) is 25.4. The molecule has 0 atom stereocenters. The van der Waals surface area contributed by atoms with Gasteiger partial charge in [0.1, 0.15) is 17.3 Å². The maximum absolute atomic E-state index is 7.34. The van der Waals surface area contributed by atoms with Gasteiger partial charge in [0.2, 0.25) is 0 Å². The van der Waals surface area contributed by atoms with Crippen LogP contribution in [0.1, 0.15) is 160 Å². The smallest absolute Gasteiger partial charge is 0.137 e. The van der Waals surface area contributed by atoms with E-state index in [1.54, 1.807) is 0 Å². The minimum absolute atomic E-state index is 0.00599. The average molecular weight is 927 g/mol. The van der Waals surface area contributed by atoms with Gasteiger partial charge in [0.15, 0.2) is 0 Å². The van der Waals surface area contributed by atoms with Crippen LogP contribution in [0.3, 0.4) is 0 Å². The van der Waals surface area contributed by atoms with E-state index in [0.29, 0.717) is 18.5 Å². The van der Waals surface area contributed by atoms with Gasteiger partial charge in [-0.25, -0.2) is 4.98 Å². The molecule has 0 fully saturated rings. The fraction of sp³-hybridized carbons (Fsp3) is 0.338. The van der Waals surface area contributed by atoms with Crippen LogP contribution < -0.4 is 14.5 Å². The summed E-state index contributed by atoms with van der Waals surface area (Å²) >= 11 is 0. The zero-order chi connectivity index (χ0) is 50.1. The molecule has 70 heavy (non-hydrogen) atoms. The van der Waals surface area contributed by atoms with Gasteiger partial charge in [0, 0.05) is 57.7 Å². The Morgan fingerprint density at radius 3 is 1.76 bits per heavy atom. The van der Waals surface area contributed by atoms with Crippen LogP contribution in [-0.4, -0.2) is 16.2 Å². The van der Waals surface area contributed by atoms with E-state index in [9.17, 15) is 0 Å². The molecule has 0 saturated carbocycles. The highest BCUT2D eigenvalue weighted by Gasteiger charge is 2.33. The molecule has 1 aliphatic heterocycles. The van der Waals surface area contributed by atoms with E-state index in [1.165, 1.54) is 66.7 Å². The highest BCUT2D eigenvalue weighted by Crippen LogP contribution is 2.47. The summed E-state index contributed by atoms with van der Waals surface area (Å²) in [6, 6.07) is 51.5. The van der Waals surface area contributed by atoms with Crippen LogP contribution in [0.15, 0.2) is 152 Å². The molecule has 9 rings (SSSR count). The number of benzene rings is 6. The van der Waals surface area contributed by atoms with Gasteiger partial charge in [0.05, 0.1) is 23.4 Å². The molecule has 0 bridgehead atoms. The molecule has 0 saturated heterocycles. The number of ether oxygens (including phenoxy) is 1. The van der Waals surface area contributed by atoms with Gasteiger partial charge in [-0.1, -0.05) is 183 Å². The lowest BCUT2D eigenvalue weighted by Gasteiger charge is -2.30. The van der Waals surface area contributed by atoms with Crippen molar-refractivity contribution in [3.63, 3.8) is 0 Å². The van der Waals surface area contributed by atoms with Crippen LogP contribution >= 0.6 is 0 Å². The highest BCUT2D eigenvalue weighted by molar-refractivity contribution is 6.12. The summed E-state index contributed by atoms with van der Waals surface area (Å²) in [5.41, 5.74) is 15.4. The topological polar surface area (TPSA) is 33.5 Å². The summed E-state index contributed by atoms with van der Waals surface area (Å²) in [4.78, 5) is 10.0. The molecule has 6 aromatic carbocycles. The molecule has 0 unspecified atom stereocenters. The van der Waals surface area contributed by atoms with E-state index >= 15 is 0 Å². The van der Waals surface area contributed by atoms with E-state index in [-0.39, 0.29) is 21.7 Å². The highest BCUT2D eigenvalue weighted by atomic mass is 16.5. The third kappa shape index (κ3) is 9.16. The van der Waals surface area contributed by atoms with Gasteiger partial charge in [0.25, 0.3) is 0 Å². The quantitative estimate of drug-likeness (QED) is 0.137. The summed E-state index contributed by atoms with van der Waals surface area (Å²) in [6.45, 7) is 35.2. The first kappa shape index (κ1) is 48.4. The largest absolute Gasteiger partial charge is 0.457 e. The number of anilines is 2. The van der Waals surface area contributed by atoms with E-state index in [1.807, 2.05) is 6.20 Å². The Balaban J connectivity index is 1.25. The normalized spacial score (nSPS) is 13.9. The number of aromatic nitrogens is 2. The SMILES string of the molecule is CC(C)c1cccc(C(C)C)c1C1=CN(c2cc(Oc3cc(C(C)(C)c4ccccc4)c4c5ccccc5n(-c5cc(C(C)(C)C)ccn5)c4c3)cc(C(C)(C)C)c2)CN1c1cccc(C(C)(C)C)c1. The number of hydrogen-bond acceptors (Lipinski definition) is 4. The molecule has 2 aromatic heterocycles. The van der Waals surface area contributed by atoms with Gasteiger partial charge in [-0.15, -0.1) is 0 Å². The van der Waals surface area contributed by atoms with Gasteiger partial charge in [-0.05, 0) is 116 Å². The number of fused-ring (bicyclic) bond motifs is 3.